The molecule has 0 aliphatic carbocycles. The molecule has 2 aliphatic heterocycles. The molecule has 112 valence electrons. The van der Waals surface area contributed by atoms with Gasteiger partial charge in [0.1, 0.15) is 6.54 Å². The van der Waals surface area contributed by atoms with Crippen molar-refractivity contribution in [1.82, 2.24) is 10.2 Å². The van der Waals surface area contributed by atoms with Gasteiger partial charge in [-0.25, -0.2) is 0 Å². The molecule has 0 spiro atoms. The van der Waals surface area contributed by atoms with Gasteiger partial charge in [-0.15, -0.1) is 11.8 Å². The zero-order valence-corrected chi connectivity index (χ0v) is 12.4. The number of nitrogens with one attached hydrogen (secondary N) is 1. The summed E-state index contributed by atoms with van der Waals surface area (Å²) < 4.78 is 10.6. The highest BCUT2D eigenvalue weighted by molar-refractivity contribution is 8.00. The molecular weight excluding hydrogens is 292 g/mol. The molecule has 1 N–H and O–H groups in total. The minimum atomic E-state index is -0.156. The largest absolute Gasteiger partial charge is 0.454 e. The lowest BCUT2D eigenvalue weighted by atomic mass is 10.1. The predicted octanol–water partition coefficient (Wildman–Crippen LogP) is 1.13. The summed E-state index contributed by atoms with van der Waals surface area (Å²) in [5.74, 6) is 2.33. The quantitative estimate of drug-likeness (QED) is 0.903. The van der Waals surface area contributed by atoms with E-state index < -0.39 is 0 Å². The average molecular weight is 308 g/mol. The topological polar surface area (TPSA) is 67.9 Å². The van der Waals surface area contributed by atoms with Crippen LogP contribution in [0.5, 0.6) is 11.5 Å². The number of rotatable bonds is 4. The van der Waals surface area contributed by atoms with Crippen molar-refractivity contribution in [2.75, 3.05) is 25.0 Å². The summed E-state index contributed by atoms with van der Waals surface area (Å²) in [5.41, 5.74) is 0.940. The number of nitrogens with zero attached hydrogens (tertiary/aromatic N) is 1. The van der Waals surface area contributed by atoms with Crippen LogP contribution in [0.4, 0.5) is 0 Å². The zero-order chi connectivity index (χ0) is 14.8. The van der Waals surface area contributed by atoms with E-state index in [0.29, 0.717) is 17.4 Å². The first kappa shape index (κ1) is 14.1. The molecule has 2 heterocycles. The van der Waals surface area contributed by atoms with Crippen molar-refractivity contribution in [3.63, 3.8) is 0 Å². The Morgan fingerprint density at radius 1 is 1.43 bits per heavy atom. The highest BCUT2D eigenvalue weighted by atomic mass is 32.2. The summed E-state index contributed by atoms with van der Waals surface area (Å²) in [6.07, 6.45) is 0. The second-order valence-electron chi connectivity index (χ2n) is 4.97. The number of hydrogen-bond donors (Lipinski definition) is 1. The maximum Gasteiger partial charge on any atom is 0.240 e. The van der Waals surface area contributed by atoms with Crippen LogP contribution in [-0.4, -0.2) is 41.7 Å². The van der Waals surface area contributed by atoms with E-state index in [1.165, 1.54) is 11.8 Å². The lowest BCUT2D eigenvalue weighted by Gasteiger charge is -2.18. The maximum absolute atomic E-state index is 12.0. The Bertz CT molecular complexity index is 578. The van der Waals surface area contributed by atoms with Crippen molar-refractivity contribution in [2.45, 2.75) is 13.0 Å². The second-order valence-corrected chi connectivity index (χ2v) is 5.93. The van der Waals surface area contributed by atoms with Gasteiger partial charge in [-0.1, -0.05) is 6.07 Å². The number of carbonyl (C=O) groups excluding carboxylic acids is 2. The second kappa shape index (κ2) is 5.85. The number of fused-ring (bicyclic) bond motifs is 1. The Morgan fingerprint density at radius 3 is 3.00 bits per heavy atom. The van der Waals surface area contributed by atoms with Gasteiger partial charge in [0, 0.05) is 0 Å². The minimum Gasteiger partial charge on any atom is -0.454 e. The van der Waals surface area contributed by atoms with E-state index in [9.17, 15) is 9.59 Å². The lowest BCUT2D eigenvalue weighted by Crippen LogP contribution is -2.39. The van der Waals surface area contributed by atoms with Gasteiger partial charge < -0.3 is 19.7 Å². The van der Waals surface area contributed by atoms with E-state index in [0.717, 1.165) is 11.3 Å². The van der Waals surface area contributed by atoms with Gasteiger partial charge in [0.25, 0.3) is 0 Å². The molecule has 1 aromatic carbocycles. The molecule has 1 unspecified atom stereocenters. The van der Waals surface area contributed by atoms with E-state index in [2.05, 4.69) is 5.32 Å². The first-order chi connectivity index (χ1) is 10.1. The lowest BCUT2D eigenvalue weighted by molar-refractivity contribution is -0.132. The van der Waals surface area contributed by atoms with Crippen molar-refractivity contribution in [3.05, 3.63) is 23.8 Å². The summed E-state index contributed by atoms with van der Waals surface area (Å²) in [5, 5.41) is 2.90. The van der Waals surface area contributed by atoms with Gasteiger partial charge in [-0.3, -0.25) is 9.59 Å². The van der Waals surface area contributed by atoms with Crippen LogP contribution in [0.2, 0.25) is 0 Å². The van der Waals surface area contributed by atoms with Crippen molar-refractivity contribution in [2.24, 2.45) is 0 Å². The molecule has 0 radical (unpaired) electrons. The Morgan fingerprint density at radius 2 is 2.24 bits per heavy atom. The van der Waals surface area contributed by atoms with Crippen LogP contribution in [-0.2, 0) is 9.59 Å². The van der Waals surface area contributed by atoms with Gasteiger partial charge in [0.05, 0.1) is 17.7 Å². The number of hydrogen-bond acceptors (Lipinski definition) is 5. The van der Waals surface area contributed by atoms with Crippen molar-refractivity contribution in [3.8, 4) is 11.5 Å². The van der Waals surface area contributed by atoms with Crippen LogP contribution in [0.15, 0.2) is 18.2 Å². The van der Waals surface area contributed by atoms with Crippen molar-refractivity contribution in [1.29, 1.82) is 0 Å². The summed E-state index contributed by atoms with van der Waals surface area (Å²) in [4.78, 5) is 25.0. The van der Waals surface area contributed by atoms with E-state index in [1.807, 2.05) is 25.1 Å². The molecule has 2 aliphatic rings. The van der Waals surface area contributed by atoms with Crippen LogP contribution < -0.4 is 14.8 Å². The summed E-state index contributed by atoms with van der Waals surface area (Å²) >= 11 is 1.53. The molecule has 0 bridgehead atoms. The summed E-state index contributed by atoms with van der Waals surface area (Å²) in [6, 6.07) is 5.44. The standard InChI is InChI=1S/C14H16N2O4S/c1-9(10-2-3-11-12(4-10)20-8-19-11)15-13(17)5-16-7-21-6-14(16)18/h2-4,9H,5-8H2,1H3,(H,15,17). The molecule has 0 saturated carbocycles. The van der Waals surface area contributed by atoms with Crippen LogP contribution >= 0.6 is 11.8 Å². The minimum absolute atomic E-state index is 0.0193. The van der Waals surface area contributed by atoms with Crippen LogP contribution in [0, 0.1) is 0 Å². The normalized spacial score (nSPS) is 18.0. The van der Waals surface area contributed by atoms with Gasteiger partial charge in [-0.05, 0) is 24.6 Å². The van der Waals surface area contributed by atoms with Gasteiger partial charge in [0.15, 0.2) is 11.5 Å². The zero-order valence-electron chi connectivity index (χ0n) is 11.6. The number of benzene rings is 1. The number of amides is 2. The highest BCUT2D eigenvalue weighted by Gasteiger charge is 2.24. The van der Waals surface area contributed by atoms with Gasteiger partial charge in [-0.2, -0.15) is 0 Å². The molecule has 1 aromatic rings. The van der Waals surface area contributed by atoms with Gasteiger partial charge >= 0.3 is 0 Å². The third-order valence-electron chi connectivity index (χ3n) is 3.43. The number of carbonyl (C=O) groups is 2. The molecule has 21 heavy (non-hydrogen) atoms. The van der Waals surface area contributed by atoms with Crippen LogP contribution in [0.25, 0.3) is 0 Å². The fourth-order valence-corrected chi connectivity index (χ4v) is 3.17. The molecule has 1 atom stereocenters. The summed E-state index contributed by atoms with van der Waals surface area (Å²) in [6.45, 7) is 2.24. The fourth-order valence-electron chi connectivity index (χ4n) is 2.27. The summed E-state index contributed by atoms with van der Waals surface area (Å²) in [7, 11) is 0. The van der Waals surface area contributed by atoms with E-state index in [1.54, 1.807) is 4.90 Å². The Hall–Kier alpha value is -1.89. The fraction of sp³-hybridized carbons (Fsp3) is 0.429. The SMILES string of the molecule is CC(NC(=O)CN1CSCC1=O)c1ccc2c(c1)OCO2. The van der Waals surface area contributed by atoms with E-state index in [4.69, 9.17) is 9.47 Å². The molecule has 3 rings (SSSR count). The molecule has 1 fully saturated rings. The monoisotopic (exact) mass is 308 g/mol. The molecular formula is C14H16N2O4S. The Kier molecular flexibility index (Phi) is 3.92. The van der Waals surface area contributed by atoms with Gasteiger partial charge in [0.2, 0.25) is 18.6 Å². The van der Waals surface area contributed by atoms with Crippen LogP contribution in [0.1, 0.15) is 18.5 Å². The van der Waals surface area contributed by atoms with Crippen LogP contribution in [0.3, 0.4) is 0 Å². The Balaban J connectivity index is 1.59. The first-order valence-corrected chi connectivity index (χ1v) is 7.83. The maximum atomic E-state index is 12.0. The first-order valence-electron chi connectivity index (χ1n) is 6.68. The smallest absolute Gasteiger partial charge is 0.240 e. The number of ether oxygens (including phenoxy) is 2. The predicted molar refractivity (Wildman–Crippen MR) is 78.2 cm³/mol. The van der Waals surface area contributed by atoms with E-state index >= 15 is 0 Å². The molecule has 6 nitrogen and oxygen atoms in total. The average Bonchev–Trinajstić information content (AvgIpc) is 3.07. The molecule has 1 saturated heterocycles. The third kappa shape index (κ3) is 3.07. The molecule has 7 heteroatoms. The van der Waals surface area contributed by atoms with Crippen molar-refractivity contribution >= 4 is 23.6 Å². The Labute approximate surface area is 126 Å². The number of thioether (sulfide) groups is 1. The third-order valence-corrected chi connectivity index (χ3v) is 4.38. The molecule has 0 aromatic heterocycles. The highest BCUT2D eigenvalue weighted by Crippen LogP contribution is 2.34. The van der Waals surface area contributed by atoms with Crippen molar-refractivity contribution < 1.29 is 19.1 Å². The molecule has 2 amide bonds. The van der Waals surface area contributed by atoms with E-state index in [-0.39, 0.29) is 31.2 Å².